The number of rotatable bonds is 6. The maximum atomic E-state index is 12.7. The first-order chi connectivity index (χ1) is 14.2. The van der Waals surface area contributed by atoms with Crippen molar-refractivity contribution in [3.05, 3.63) is 84.1 Å². The molecule has 7 nitrogen and oxygen atoms in total. The van der Waals surface area contributed by atoms with E-state index in [0.29, 0.717) is 12.4 Å². The highest BCUT2D eigenvalue weighted by molar-refractivity contribution is 6.00. The van der Waals surface area contributed by atoms with E-state index in [1.165, 1.54) is 4.90 Å². The molecule has 0 bridgehead atoms. The Morgan fingerprint density at radius 2 is 1.72 bits per heavy atom. The van der Waals surface area contributed by atoms with Crippen LogP contribution in [-0.4, -0.2) is 40.9 Å². The van der Waals surface area contributed by atoms with Crippen molar-refractivity contribution in [1.29, 1.82) is 0 Å². The second kappa shape index (κ2) is 8.70. The zero-order valence-corrected chi connectivity index (χ0v) is 15.8. The SMILES string of the molecule is O=C(OCc1ccccc1)C1COCC(=O)N1c1ccn(Cc2ccccc2)n1. The molecule has 1 aliphatic rings. The fourth-order valence-corrected chi connectivity index (χ4v) is 3.20. The monoisotopic (exact) mass is 391 g/mol. The summed E-state index contributed by atoms with van der Waals surface area (Å²) in [5.41, 5.74) is 1.97. The predicted octanol–water partition coefficient (Wildman–Crippen LogP) is 2.41. The third kappa shape index (κ3) is 4.52. The van der Waals surface area contributed by atoms with Gasteiger partial charge in [-0.1, -0.05) is 60.7 Å². The molecule has 148 valence electrons. The van der Waals surface area contributed by atoms with E-state index >= 15 is 0 Å². The van der Waals surface area contributed by atoms with Gasteiger partial charge in [0.15, 0.2) is 11.9 Å². The molecular weight excluding hydrogens is 370 g/mol. The number of amides is 1. The first kappa shape index (κ1) is 18.9. The van der Waals surface area contributed by atoms with E-state index in [4.69, 9.17) is 9.47 Å². The van der Waals surface area contributed by atoms with Crippen molar-refractivity contribution in [3.8, 4) is 0 Å². The summed E-state index contributed by atoms with van der Waals surface area (Å²) in [6, 6.07) is 20.2. The Labute approximate surface area is 168 Å². The molecule has 1 aliphatic heterocycles. The van der Waals surface area contributed by atoms with Gasteiger partial charge >= 0.3 is 5.97 Å². The maximum absolute atomic E-state index is 12.7. The number of carbonyl (C=O) groups excluding carboxylic acids is 2. The molecule has 1 unspecified atom stereocenters. The van der Waals surface area contributed by atoms with Gasteiger partial charge in [0.2, 0.25) is 0 Å². The molecule has 0 saturated carbocycles. The van der Waals surface area contributed by atoms with E-state index in [2.05, 4.69) is 5.10 Å². The topological polar surface area (TPSA) is 73.7 Å². The van der Waals surface area contributed by atoms with Gasteiger partial charge in [-0.25, -0.2) is 4.79 Å². The lowest BCUT2D eigenvalue weighted by molar-refractivity contribution is -0.152. The van der Waals surface area contributed by atoms with Crippen LogP contribution < -0.4 is 4.90 Å². The van der Waals surface area contributed by atoms with Gasteiger partial charge in [-0.2, -0.15) is 5.10 Å². The van der Waals surface area contributed by atoms with E-state index in [1.807, 2.05) is 60.7 Å². The zero-order chi connectivity index (χ0) is 20.1. The molecule has 0 N–H and O–H groups in total. The number of carbonyl (C=O) groups is 2. The highest BCUT2D eigenvalue weighted by Crippen LogP contribution is 2.20. The fraction of sp³-hybridized carbons (Fsp3) is 0.227. The molecule has 1 saturated heterocycles. The molecule has 1 amide bonds. The molecule has 29 heavy (non-hydrogen) atoms. The minimum absolute atomic E-state index is 0.0743. The van der Waals surface area contributed by atoms with Gasteiger partial charge in [-0.05, 0) is 11.1 Å². The maximum Gasteiger partial charge on any atom is 0.332 e. The normalized spacial score (nSPS) is 16.6. The highest BCUT2D eigenvalue weighted by atomic mass is 16.5. The summed E-state index contributed by atoms with van der Waals surface area (Å²) in [5.74, 6) is -0.418. The molecule has 4 rings (SSSR count). The Kier molecular flexibility index (Phi) is 5.67. The number of esters is 1. The minimum atomic E-state index is -0.861. The van der Waals surface area contributed by atoms with Crippen molar-refractivity contribution in [2.24, 2.45) is 0 Å². The third-order valence-electron chi connectivity index (χ3n) is 4.64. The minimum Gasteiger partial charge on any atom is -0.459 e. The second-order valence-electron chi connectivity index (χ2n) is 6.75. The van der Waals surface area contributed by atoms with Gasteiger partial charge in [0, 0.05) is 12.3 Å². The summed E-state index contributed by atoms with van der Waals surface area (Å²) in [6.45, 7) is 0.696. The summed E-state index contributed by atoms with van der Waals surface area (Å²) in [4.78, 5) is 26.5. The van der Waals surface area contributed by atoms with Gasteiger partial charge in [0.05, 0.1) is 13.2 Å². The average molecular weight is 391 g/mol. The number of hydrogen-bond acceptors (Lipinski definition) is 5. The molecule has 1 aromatic heterocycles. The molecule has 7 heteroatoms. The number of morpholine rings is 1. The number of nitrogens with zero attached hydrogens (tertiary/aromatic N) is 3. The number of hydrogen-bond donors (Lipinski definition) is 0. The lowest BCUT2D eigenvalue weighted by atomic mass is 10.2. The Bertz CT molecular complexity index is 972. The zero-order valence-electron chi connectivity index (χ0n) is 15.8. The van der Waals surface area contributed by atoms with Crippen LogP contribution in [0.5, 0.6) is 0 Å². The lowest BCUT2D eigenvalue weighted by Crippen LogP contribution is -2.54. The van der Waals surface area contributed by atoms with Crippen LogP contribution in [0.2, 0.25) is 0 Å². The Hall–Kier alpha value is -3.45. The summed E-state index contributed by atoms with van der Waals surface area (Å²) in [7, 11) is 0. The van der Waals surface area contributed by atoms with Crippen LogP contribution in [0.25, 0.3) is 0 Å². The van der Waals surface area contributed by atoms with E-state index in [9.17, 15) is 9.59 Å². The summed E-state index contributed by atoms with van der Waals surface area (Å²) in [5, 5.41) is 4.49. The van der Waals surface area contributed by atoms with Crippen molar-refractivity contribution in [2.45, 2.75) is 19.2 Å². The van der Waals surface area contributed by atoms with Crippen molar-refractivity contribution < 1.29 is 19.1 Å². The van der Waals surface area contributed by atoms with Gasteiger partial charge < -0.3 is 9.47 Å². The average Bonchev–Trinajstić information content (AvgIpc) is 3.21. The first-order valence-electron chi connectivity index (χ1n) is 9.38. The molecule has 0 radical (unpaired) electrons. The second-order valence-corrected chi connectivity index (χ2v) is 6.75. The van der Waals surface area contributed by atoms with Crippen LogP contribution in [0, 0.1) is 0 Å². The number of benzene rings is 2. The van der Waals surface area contributed by atoms with Gasteiger partial charge in [0.1, 0.15) is 13.2 Å². The van der Waals surface area contributed by atoms with Crippen LogP contribution in [-0.2, 0) is 32.2 Å². The Balaban J connectivity index is 1.48. The molecule has 2 heterocycles. The van der Waals surface area contributed by atoms with Gasteiger partial charge in [-0.15, -0.1) is 0 Å². The predicted molar refractivity (Wildman–Crippen MR) is 106 cm³/mol. The van der Waals surface area contributed by atoms with Crippen LogP contribution in [0.15, 0.2) is 72.9 Å². The van der Waals surface area contributed by atoms with Crippen LogP contribution in [0.4, 0.5) is 5.82 Å². The van der Waals surface area contributed by atoms with E-state index in [1.54, 1.807) is 16.9 Å². The van der Waals surface area contributed by atoms with Gasteiger partial charge in [0.25, 0.3) is 5.91 Å². The summed E-state index contributed by atoms with van der Waals surface area (Å²) in [6.07, 6.45) is 1.79. The van der Waals surface area contributed by atoms with Crippen molar-refractivity contribution in [3.63, 3.8) is 0 Å². The largest absolute Gasteiger partial charge is 0.459 e. The molecule has 0 spiro atoms. The quantitative estimate of drug-likeness (QED) is 0.604. The van der Waals surface area contributed by atoms with Crippen molar-refractivity contribution in [2.75, 3.05) is 18.1 Å². The molecule has 1 atom stereocenters. The molecule has 1 fully saturated rings. The van der Waals surface area contributed by atoms with Crippen LogP contribution in [0.3, 0.4) is 0 Å². The summed E-state index contributed by atoms with van der Waals surface area (Å²) < 4.78 is 12.5. The van der Waals surface area contributed by atoms with Gasteiger partial charge in [-0.3, -0.25) is 14.4 Å². The molecule has 3 aromatic rings. The third-order valence-corrected chi connectivity index (χ3v) is 4.64. The number of anilines is 1. The van der Waals surface area contributed by atoms with Crippen LogP contribution in [0.1, 0.15) is 11.1 Å². The Morgan fingerprint density at radius 3 is 2.45 bits per heavy atom. The Morgan fingerprint density at radius 1 is 1.03 bits per heavy atom. The number of ether oxygens (including phenoxy) is 2. The highest BCUT2D eigenvalue weighted by Gasteiger charge is 2.37. The molecular formula is C22H21N3O4. The fourth-order valence-electron chi connectivity index (χ4n) is 3.20. The van der Waals surface area contributed by atoms with Crippen LogP contribution >= 0.6 is 0 Å². The first-order valence-corrected chi connectivity index (χ1v) is 9.38. The standard InChI is InChI=1S/C22H21N3O4/c26-21-16-28-15-19(22(27)29-14-18-9-5-2-6-10-18)25(21)20-11-12-24(23-20)13-17-7-3-1-4-8-17/h1-12,19H,13-16H2. The smallest absolute Gasteiger partial charge is 0.332 e. The van der Waals surface area contributed by atoms with Crippen molar-refractivity contribution >= 4 is 17.7 Å². The molecule has 2 aromatic carbocycles. The van der Waals surface area contributed by atoms with E-state index in [0.717, 1.165) is 11.1 Å². The lowest BCUT2D eigenvalue weighted by Gasteiger charge is -2.32. The van der Waals surface area contributed by atoms with E-state index in [-0.39, 0.29) is 25.7 Å². The van der Waals surface area contributed by atoms with E-state index < -0.39 is 12.0 Å². The molecule has 0 aliphatic carbocycles. The van der Waals surface area contributed by atoms with Crippen molar-refractivity contribution in [1.82, 2.24) is 9.78 Å². The summed E-state index contributed by atoms with van der Waals surface area (Å²) >= 11 is 0. The number of aromatic nitrogens is 2.